The minimum Gasteiger partial charge on any atom is -0.371 e. The van der Waals surface area contributed by atoms with E-state index in [0.717, 1.165) is 11.3 Å². The molecule has 0 unspecified atom stereocenters. The molecule has 0 saturated heterocycles. The molecule has 1 amide bonds. The number of carbonyl (C=O) groups excluding carboxylic acids is 2. The first-order valence-electron chi connectivity index (χ1n) is 8.97. The van der Waals surface area contributed by atoms with E-state index in [1.807, 2.05) is 42.5 Å². The smallest absolute Gasteiger partial charge is 0.271 e. The number of nitrogens with zero attached hydrogens (tertiary/aromatic N) is 1. The van der Waals surface area contributed by atoms with Gasteiger partial charge in [-0.2, -0.15) is 0 Å². The Morgan fingerprint density at radius 1 is 1.19 bits per heavy atom. The van der Waals surface area contributed by atoms with Crippen molar-refractivity contribution < 1.29 is 14.4 Å². The van der Waals surface area contributed by atoms with Crippen LogP contribution in [0.5, 0.6) is 0 Å². The number of ketones is 1. The maximum Gasteiger partial charge on any atom is 0.271 e. The van der Waals surface area contributed by atoms with Crippen LogP contribution in [0.4, 0.5) is 5.69 Å². The van der Waals surface area contributed by atoms with Crippen molar-refractivity contribution in [2.24, 2.45) is 0 Å². The van der Waals surface area contributed by atoms with Crippen LogP contribution in [0.2, 0.25) is 0 Å². The van der Waals surface area contributed by atoms with Crippen LogP contribution < -0.4 is 5.32 Å². The van der Waals surface area contributed by atoms with E-state index in [2.05, 4.69) is 11.9 Å². The van der Waals surface area contributed by atoms with E-state index in [0.29, 0.717) is 5.56 Å². The van der Waals surface area contributed by atoms with Gasteiger partial charge in [-0.15, -0.1) is 6.58 Å². The van der Waals surface area contributed by atoms with Gasteiger partial charge in [0.05, 0.1) is 12.6 Å². The first-order valence-corrected chi connectivity index (χ1v) is 8.97. The van der Waals surface area contributed by atoms with Gasteiger partial charge in [-0.1, -0.05) is 54.6 Å². The highest BCUT2D eigenvalue weighted by molar-refractivity contribution is 5.97. The molecule has 140 valence electrons. The molecule has 0 saturated carbocycles. The summed E-state index contributed by atoms with van der Waals surface area (Å²) in [6.45, 7) is 7.45. The van der Waals surface area contributed by atoms with E-state index < -0.39 is 11.6 Å². The number of anilines is 1. The van der Waals surface area contributed by atoms with Gasteiger partial charge in [0.15, 0.2) is 5.78 Å². The average Bonchev–Trinajstić information content (AvgIpc) is 2.74. The zero-order valence-corrected chi connectivity index (χ0v) is 15.6. The number of benzene rings is 2. The van der Waals surface area contributed by atoms with Gasteiger partial charge in [-0.3, -0.25) is 14.4 Å². The summed E-state index contributed by atoms with van der Waals surface area (Å²) in [5.41, 5.74) is 1.42. The summed E-state index contributed by atoms with van der Waals surface area (Å²) in [6, 6.07) is 16.2. The Hall–Kier alpha value is -2.92. The monoisotopic (exact) mass is 364 g/mol. The van der Waals surface area contributed by atoms with Gasteiger partial charge in [-0.05, 0) is 19.9 Å². The predicted molar refractivity (Wildman–Crippen MR) is 105 cm³/mol. The highest BCUT2D eigenvalue weighted by Crippen LogP contribution is 2.37. The summed E-state index contributed by atoms with van der Waals surface area (Å²) in [4.78, 5) is 31.8. The van der Waals surface area contributed by atoms with Gasteiger partial charge in [0, 0.05) is 23.2 Å². The van der Waals surface area contributed by atoms with Crippen LogP contribution in [-0.4, -0.2) is 28.9 Å². The van der Waals surface area contributed by atoms with E-state index in [-0.39, 0.29) is 24.7 Å². The number of hydroxylamine groups is 2. The molecule has 0 radical (unpaired) electrons. The molecule has 27 heavy (non-hydrogen) atoms. The SMILES string of the molecule is C=CCON1C(=O)C(C)(C)Nc2ccccc2[C@H]1CC(=O)c1ccccc1. The number of para-hydroxylation sites is 1. The van der Waals surface area contributed by atoms with Crippen molar-refractivity contribution in [2.45, 2.75) is 31.8 Å². The summed E-state index contributed by atoms with van der Waals surface area (Å²) in [5.74, 6) is -0.276. The Kier molecular flexibility index (Phi) is 5.42. The summed E-state index contributed by atoms with van der Waals surface area (Å²) in [6.07, 6.45) is 1.71. The number of hydrogen-bond donors (Lipinski definition) is 1. The molecular weight excluding hydrogens is 340 g/mol. The molecular formula is C22H24N2O3. The molecule has 5 heteroatoms. The van der Waals surface area contributed by atoms with Gasteiger partial charge < -0.3 is 5.32 Å². The number of fused-ring (bicyclic) bond motifs is 1. The Labute approximate surface area is 159 Å². The first kappa shape index (κ1) is 18.9. The summed E-state index contributed by atoms with van der Waals surface area (Å²) in [7, 11) is 0. The molecule has 3 rings (SSSR count). The molecule has 1 N–H and O–H groups in total. The topological polar surface area (TPSA) is 58.6 Å². The highest BCUT2D eigenvalue weighted by atomic mass is 16.7. The van der Waals surface area contributed by atoms with E-state index in [4.69, 9.17) is 4.84 Å². The normalized spacial score (nSPS) is 18.2. The lowest BCUT2D eigenvalue weighted by molar-refractivity contribution is -0.199. The van der Waals surface area contributed by atoms with Crippen molar-refractivity contribution in [3.8, 4) is 0 Å². The highest BCUT2D eigenvalue weighted by Gasteiger charge is 2.42. The molecule has 1 aliphatic heterocycles. The third-order valence-electron chi connectivity index (χ3n) is 4.59. The molecule has 1 atom stereocenters. The third-order valence-corrected chi connectivity index (χ3v) is 4.59. The fourth-order valence-corrected chi connectivity index (χ4v) is 3.23. The fourth-order valence-electron chi connectivity index (χ4n) is 3.23. The Balaban J connectivity index is 2.03. The first-order chi connectivity index (χ1) is 12.9. The van der Waals surface area contributed by atoms with E-state index >= 15 is 0 Å². The van der Waals surface area contributed by atoms with Crippen molar-refractivity contribution in [1.82, 2.24) is 5.06 Å². The number of rotatable bonds is 6. The average molecular weight is 364 g/mol. The second-order valence-electron chi connectivity index (χ2n) is 7.06. The Morgan fingerprint density at radius 2 is 1.85 bits per heavy atom. The van der Waals surface area contributed by atoms with Crippen LogP contribution in [0.15, 0.2) is 67.3 Å². The second kappa shape index (κ2) is 7.76. The van der Waals surface area contributed by atoms with E-state index in [1.165, 1.54) is 5.06 Å². The van der Waals surface area contributed by atoms with Crippen LogP contribution in [-0.2, 0) is 9.63 Å². The zero-order chi connectivity index (χ0) is 19.4. The molecule has 0 fully saturated rings. The Morgan fingerprint density at radius 3 is 2.56 bits per heavy atom. The number of amides is 1. The van der Waals surface area contributed by atoms with Gasteiger partial charge in [0.25, 0.3) is 5.91 Å². The van der Waals surface area contributed by atoms with Crippen LogP contribution >= 0.6 is 0 Å². The lowest BCUT2D eigenvalue weighted by Crippen LogP contribution is -2.49. The summed E-state index contributed by atoms with van der Waals surface area (Å²) < 4.78 is 0. The number of nitrogens with one attached hydrogen (secondary N) is 1. The maximum absolute atomic E-state index is 13.2. The zero-order valence-electron chi connectivity index (χ0n) is 15.6. The fraction of sp³-hybridized carbons (Fsp3) is 0.273. The van der Waals surface area contributed by atoms with Crippen LogP contribution in [0.3, 0.4) is 0 Å². The third kappa shape index (κ3) is 3.93. The number of Topliss-reactive ketones (excluding diaryl/α,β-unsaturated/α-hetero) is 1. The molecule has 2 aromatic carbocycles. The molecule has 0 spiro atoms. The van der Waals surface area contributed by atoms with Crippen molar-refractivity contribution in [1.29, 1.82) is 0 Å². The van der Waals surface area contributed by atoms with Crippen molar-refractivity contribution in [3.05, 3.63) is 78.4 Å². The quantitative estimate of drug-likeness (QED) is 0.618. The largest absolute Gasteiger partial charge is 0.371 e. The molecule has 2 aromatic rings. The van der Waals surface area contributed by atoms with Crippen molar-refractivity contribution >= 4 is 17.4 Å². The Bertz CT molecular complexity index is 846. The predicted octanol–water partition coefficient (Wildman–Crippen LogP) is 4.15. The van der Waals surface area contributed by atoms with Gasteiger partial charge >= 0.3 is 0 Å². The molecule has 0 aliphatic carbocycles. The molecule has 1 heterocycles. The summed E-state index contributed by atoms with van der Waals surface area (Å²) in [5, 5.41) is 4.62. The second-order valence-corrected chi connectivity index (χ2v) is 7.06. The van der Waals surface area contributed by atoms with Crippen molar-refractivity contribution in [2.75, 3.05) is 11.9 Å². The minimum atomic E-state index is -0.873. The van der Waals surface area contributed by atoms with Gasteiger partial charge in [0.1, 0.15) is 5.54 Å². The van der Waals surface area contributed by atoms with Gasteiger partial charge in [-0.25, -0.2) is 5.06 Å². The van der Waals surface area contributed by atoms with Crippen molar-refractivity contribution in [3.63, 3.8) is 0 Å². The van der Waals surface area contributed by atoms with Crippen LogP contribution in [0, 0.1) is 0 Å². The van der Waals surface area contributed by atoms with Gasteiger partial charge in [0.2, 0.25) is 0 Å². The number of carbonyl (C=O) groups is 2. The summed E-state index contributed by atoms with van der Waals surface area (Å²) >= 11 is 0. The number of hydrogen-bond acceptors (Lipinski definition) is 4. The molecule has 1 aliphatic rings. The molecule has 5 nitrogen and oxygen atoms in total. The minimum absolute atomic E-state index is 0.0462. The van der Waals surface area contributed by atoms with Crippen LogP contribution in [0.25, 0.3) is 0 Å². The standard InChI is InChI=1S/C22H24N2O3/c1-4-14-27-24-19(15-20(25)16-10-6-5-7-11-16)17-12-8-9-13-18(17)23-22(2,3)21(24)26/h4-13,19,23H,1,14-15H2,2-3H3/t19-/m1/s1. The lowest BCUT2D eigenvalue weighted by atomic mass is 9.96. The maximum atomic E-state index is 13.2. The van der Waals surface area contributed by atoms with E-state index in [9.17, 15) is 9.59 Å². The lowest BCUT2D eigenvalue weighted by Gasteiger charge is -2.32. The molecule has 0 bridgehead atoms. The molecule has 0 aromatic heterocycles. The van der Waals surface area contributed by atoms with E-state index in [1.54, 1.807) is 32.1 Å². The van der Waals surface area contributed by atoms with Crippen LogP contribution in [0.1, 0.15) is 42.2 Å².